The summed E-state index contributed by atoms with van der Waals surface area (Å²) in [5, 5.41) is 3.29. The van der Waals surface area contributed by atoms with Crippen LogP contribution in [-0.4, -0.2) is 29.3 Å². The summed E-state index contributed by atoms with van der Waals surface area (Å²) in [5.41, 5.74) is 0.470. The second kappa shape index (κ2) is 5.81. The molecule has 5 heteroatoms. The Kier molecular flexibility index (Phi) is 4.44. The standard InChI is InChI=1S/C16H25BN2O2/c1-12(2)19-14-11-13(8-10-18-14)7-9-17-20-15(3,4)16(5,6)21-17/h7-12H,1-6H3,(H,18,19)/b9-7+. The Hall–Kier alpha value is -1.33. The third-order valence-electron chi connectivity index (χ3n) is 3.94. The van der Waals surface area contributed by atoms with Gasteiger partial charge >= 0.3 is 7.12 Å². The number of nitrogens with zero attached hydrogens (tertiary/aromatic N) is 1. The highest BCUT2D eigenvalue weighted by molar-refractivity contribution is 6.52. The zero-order valence-electron chi connectivity index (χ0n) is 13.8. The van der Waals surface area contributed by atoms with E-state index in [0.29, 0.717) is 6.04 Å². The van der Waals surface area contributed by atoms with Gasteiger partial charge in [-0.3, -0.25) is 0 Å². The molecule has 0 atom stereocenters. The number of hydrogen-bond acceptors (Lipinski definition) is 4. The van der Waals surface area contributed by atoms with Gasteiger partial charge in [-0.1, -0.05) is 12.1 Å². The molecule has 1 aliphatic heterocycles. The fourth-order valence-electron chi connectivity index (χ4n) is 2.08. The summed E-state index contributed by atoms with van der Waals surface area (Å²) in [6.45, 7) is 12.4. The summed E-state index contributed by atoms with van der Waals surface area (Å²) in [6, 6.07) is 4.34. The summed E-state index contributed by atoms with van der Waals surface area (Å²) in [5.74, 6) is 2.83. The lowest BCUT2D eigenvalue weighted by Crippen LogP contribution is -2.41. The average Bonchev–Trinajstić information content (AvgIpc) is 2.55. The van der Waals surface area contributed by atoms with Crippen LogP contribution in [0.25, 0.3) is 6.08 Å². The van der Waals surface area contributed by atoms with Crippen molar-refractivity contribution in [3.63, 3.8) is 0 Å². The first-order valence-corrected chi connectivity index (χ1v) is 7.46. The van der Waals surface area contributed by atoms with Crippen molar-refractivity contribution in [2.45, 2.75) is 58.8 Å². The second-order valence-electron chi connectivity index (χ2n) is 6.76. The molecular weight excluding hydrogens is 263 g/mol. The van der Waals surface area contributed by atoms with Gasteiger partial charge in [0, 0.05) is 12.2 Å². The highest BCUT2D eigenvalue weighted by atomic mass is 16.7. The van der Waals surface area contributed by atoms with Crippen LogP contribution in [0, 0.1) is 0 Å². The molecule has 4 nitrogen and oxygen atoms in total. The van der Waals surface area contributed by atoms with E-state index in [0.717, 1.165) is 11.4 Å². The molecule has 0 unspecified atom stereocenters. The van der Waals surface area contributed by atoms with E-state index in [1.807, 2.05) is 24.2 Å². The summed E-state index contributed by atoms with van der Waals surface area (Å²) in [7, 11) is -0.315. The fourth-order valence-corrected chi connectivity index (χ4v) is 2.08. The SMILES string of the molecule is CC(C)Nc1cc(/C=C/B2OC(C)(C)C(C)(C)O2)ccn1. The average molecular weight is 288 g/mol. The Morgan fingerprint density at radius 2 is 1.81 bits per heavy atom. The maximum Gasteiger partial charge on any atom is 0.487 e. The minimum absolute atomic E-state index is 0.301. The van der Waals surface area contributed by atoms with Crippen molar-refractivity contribution in [2.75, 3.05) is 5.32 Å². The number of aromatic nitrogens is 1. The van der Waals surface area contributed by atoms with Crippen LogP contribution in [0.3, 0.4) is 0 Å². The molecule has 0 saturated carbocycles. The molecular formula is C16H25BN2O2. The number of anilines is 1. The van der Waals surface area contributed by atoms with Crippen LogP contribution in [0.2, 0.25) is 0 Å². The zero-order chi connectivity index (χ0) is 15.7. The number of pyridine rings is 1. The van der Waals surface area contributed by atoms with Crippen molar-refractivity contribution in [3.8, 4) is 0 Å². The van der Waals surface area contributed by atoms with Crippen LogP contribution in [0.5, 0.6) is 0 Å². The van der Waals surface area contributed by atoms with E-state index in [4.69, 9.17) is 9.31 Å². The van der Waals surface area contributed by atoms with Gasteiger partial charge in [-0.05, 0) is 59.2 Å². The molecule has 1 aliphatic rings. The number of nitrogens with one attached hydrogen (secondary N) is 1. The van der Waals surface area contributed by atoms with E-state index in [-0.39, 0.29) is 18.3 Å². The van der Waals surface area contributed by atoms with Gasteiger partial charge in [0.15, 0.2) is 0 Å². The van der Waals surface area contributed by atoms with Crippen molar-refractivity contribution in [1.82, 2.24) is 4.98 Å². The van der Waals surface area contributed by atoms with Crippen molar-refractivity contribution < 1.29 is 9.31 Å². The predicted octanol–water partition coefficient (Wildman–Crippen LogP) is 3.55. The molecule has 0 aromatic carbocycles. The normalized spacial score (nSPS) is 20.4. The quantitative estimate of drug-likeness (QED) is 0.860. The topological polar surface area (TPSA) is 43.4 Å². The highest BCUT2D eigenvalue weighted by Gasteiger charge is 2.49. The Balaban J connectivity index is 2.05. The monoisotopic (exact) mass is 288 g/mol. The second-order valence-corrected chi connectivity index (χ2v) is 6.76. The third-order valence-corrected chi connectivity index (χ3v) is 3.94. The summed E-state index contributed by atoms with van der Waals surface area (Å²) >= 11 is 0. The molecule has 1 saturated heterocycles. The molecule has 0 radical (unpaired) electrons. The molecule has 2 rings (SSSR count). The first-order chi connectivity index (χ1) is 9.69. The lowest BCUT2D eigenvalue weighted by atomic mass is 9.89. The maximum atomic E-state index is 5.94. The van der Waals surface area contributed by atoms with Crippen molar-refractivity contribution in [3.05, 3.63) is 29.9 Å². The molecule has 0 bridgehead atoms. The van der Waals surface area contributed by atoms with Gasteiger partial charge in [0.1, 0.15) is 5.82 Å². The molecule has 1 aromatic rings. The molecule has 0 amide bonds. The minimum atomic E-state index is -0.315. The first-order valence-electron chi connectivity index (χ1n) is 7.46. The van der Waals surface area contributed by atoms with Crippen molar-refractivity contribution in [1.29, 1.82) is 0 Å². The van der Waals surface area contributed by atoms with Gasteiger partial charge in [-0.2, -0.15) is 0 Å². The molecule has 21 heavy (non-hydrogen) atoms. The molecule has 1 N–H and O–H groups in total. The largest absolute Gasteiger partial charge is 0.487 e. The summed E-state index contributed by atoms with van der Waals surface area (Å²) < 4.78 is 11.9. The predicted molar refractivity (Wildman–Crippen MR) is 88.1 cm³/mol. The summed E-state index contributed by atoms with van der Waals surface area (Å²) in [4.78, 5) is 4.30. The van der Waals surface area contributed by atoms with E-state index in [9.17, 15) is 0 Å². The first kappa shape index (κ1) is 16.1. The van der Waals surface area contributed by atoms with E-state index in [2.05, 4.69) is 51.8 Å². The lowest BCUT2D eigenvalue weighted by molar-refractivity contribution is 0.00578. The van der Waals surface area contributed by atoms with Gasteiger partial charge in [0.25, 0.3) is 0 Å². The molecule has 2 heterocycles. The maximum absolute atomic E-state index is 5.94. The molecule has 1 fully saturated rings. The van der Waals surface area contributed by atoms with Crippen LogP contribution in [0.4, 0.5) is 5.82 Å². The summed E-state index contributed by atoms with van der Waals surface area (Å²) in [6.07, 6.45) is 3.81. The van der Waals surface area contributed by atoms with E-state index in [1.54, 1.807) is 6.20 Å². The van der Waals surface area contributed by atoms with E-state index in [1.165, 1.54) is 0 Å². The van der Waals surface area contributed by atoms with Crippen LogP contribution in [-0.2, 0) is 9.31 Å². The van der Waals surface area contributed by atoms with E-state index >= 15 is 0 Å². The molecule has 1 aromatic heterocycles. The highest BCUT2D eigenvalue weighted by Crippen LogP contribution is 2.37. The van der Waals surface area contributed by atoms with Crippen LogP contribution < -0.4 is 5.32 Å². The smallest absolute Gasteiger partial charge is 0.400 e. The Bertz CT molecular complexity index is 511. The Labute approximate surface area is 128 Å². The zero-order valence-corrected chi connectivity index (χ0v) is 13.8. The van der Waals surface area contributed by atoms with E-state index < -0.39 is 0 Å². The molecule has 114 valence electrons. The van der Waals surface area contributed by atoms with Crippen molar-refractivity contribution >= 4 is 19.0 Å². The van der Waals surface area contributed by atoms with Crippen LogP contribution in [0.1, 0.15) is 47.1 Å². The van der Waals surface area contributed by atoms with Crippen LogP contribution in [0.15, 0.2) is 24.3 Å². The third kappa shape index (κ3) is 3.86. The Morgan fingerprint density at radius 1 is 1.19 bits per heavy atom. The number of hydrogen-bond donors (Lipinski definition) is 1. The van der Waals surface area contributed by atoms with Crippen LogP contribution >= 0.6 is 0 Å². The van der Waals surface area contributed by atoms with Gasteiger partial charge < -0.3 is 14.6 Å². The lowest BCUT2D eigenvalue weighted by Gasteiger charge is -2.32. The fraction of sp³-hybridized carbons (Fsp3) is 0.562. The van der Waals surface area contributed by atoms with Gasteiger partial charge in [-0.15, -0.1) is 0 Å². The van der Waals surface area contributed by atoms with Crippen molar-refractivity contribution in [2.24, 2.45) is 0 Å². The van der Waals surface area contributed by atoms with Gasteiger partial charge in [-0.25, -0.2) is 4.98 Å². The molecule has 0 spiro atoms. The minimum Gasteiger partial charge on any atom is -0.400 e. The van der Waals surface area contributed by atoms with Gasteiger partial charge in [0.05, 0.1) is 11.2 Å². The number of rotatable bonds is 4. The Morgan fingerprint density at radius 3 is 2.38 bits per heavy atom. The van der Waals surface area contributed by atoms with Gasteiger partial charge in [0.2, 0.25) is 0 Å². The molecule has 0 aliphatic carbocycles.